The largest absolute Gasteiger partial charge is 0.350 e. The third-order valence-electron chi connectivity index (χ3n) is 6.52. The molecule has 1 spiro atoms. The highest BCUT2D eigenvalue weighted by Crippen LogP contribution is 2.46. The highest BCUT2D eigenvalue weighted by molar-refractivity contribution is 7.79. The summed E-state index contributed by atoms with van der Waals surface area (Å²) >= 11 is -1.84. The lowest BCUT2D eigenvalue weighted by molar-refractivity contribution is 0.256. The Labute approximate surface area is 223 Å². The molecule has 1 saturated heterocycles. The maximum Gasteiger partial charge on any atom is 0.186 e. The van der Waals surface area contributed by atoms with E-state index in [1.165, 1.54) is 13.1 Å². The number of hydrogen-bond acceptors (Lipinski definition) is 5. The van der Waals surface area contributed by atoms with Crippen molar-refractivity contribution in [2.45, 2.75) is 37.1 Å². The van der Waals surface area contributed by atoms with Crippen LogP contribution in [-0.2, 0) is 11.1 Å². The van der Waals surface area contributed by atoms with Crippen molar-refractivity contribution in [3.8, 4) is 0 Å². The first-order chi connectivity index (χ1) is 18.1. The Hall–Kier alpha value is -3.28. The average Bonchev–Trinajstić information content (AvgIpc) is 3.64. The predicted octanol–water partition coefficient (Wildman–Crippen LogP) is 4.64. The molecule has 0 bridgehead atoms. The molecular formula is C27H32F3N5O2S. The fourth-order valence-electron chi connectivity index (χ4n) is 4.44. The first-order valence-corrected chi connectivity index (χ1v) is 13.1. The molecule has 3 aromatic rings. The van der Waals surface area contributed by atoms with Crippen molar-refractivity contribution in [2.75, 3.05) is 31.6 Å². The van der Waals surface area contributed by atoms with Crippen molar-refractivity contribution < 1.29 is 21.9 Å². The quantitative estimate of drug-likeness (QED) is 0.251. The summed E-state index contributed by atoms with van der Waals surface area (Å²) in [5.41, 5.74) is 6.32. The van der Waals surface area contributed by atoms with Gasteiger partial charge in [-0.15, -0.1) is 0 Å². The van der Waals surface area contributed by atoms with Crippen molar-refractivity contribution in [1.82, 2.24) is 9.88 Å². The van der Waals surface area contributed by atoms with E-state index >= 15 is 0 Å². The molecule has 1 atom stereocenters. The van der Waals surface area contributed by atoms with Crippen LogP contribution in [0, 0.1) is 36.7 Å². The van der Waals surface area contributed by atoms with E-state index in [9.17, 15) is 17.4 Å². The van der Waals surface area contributed by atoms with Crippen LogP contribution in [0.15, 0.2) is 59.6 Å². The van der Waals surface area contributed by atoms with Gasteiger partial charge in [-0.3, -0.25) is 5.41 Å². The van der Waals surface area contributed by atoms with Gasteiger partial charge in [0.2, 0.25) is 0 Å². The lowest BCUT2D eigenvalue weighted by Crippen LogP contribution is -2.57. The minimum atomic E-state index is -1.84. The minimum absolute atomic E-state index is 0.130. The Balaban J connectivity index is 0.000000280. The molecule has 0 amide bonds. The number of aromatic nitrogens is 1. The van der Waals surface area contributed by atoms with Gasteiger partial charge in [0, 0.05) is 25.7 Å². The minimum Gasteiger partial charge on any atom is -0.350 e. The van der Waals surface area contributed by atoms with Gasteiger partial charge in [0.25, 0.3) is 0 Å². The van der Waals surface area contributed by atoms with Crippen molar-refractivity contribution in [3.05, 3.63) is 88.9 Å². The Kier molecular flexibility index (Phi) is 9.64. The topological polar surface area (TPSA) is 107 Å². The van der Waals surface area contributed by atoms with Gasteiger partial charge < -0.3 is 20.1 Å². The number of aryl methyl sites for hydroxylation is 2. The molecule has 1 saturated carbocycles. The number of nitrogens with zero attached hydrogens (tertiary/aromatic N) is 3. The van der Waals surface area contributed by atoms with Crippen LogP contribution in [-0.4, -0.2) is 56.7 Å². The van der Waals surface area contributed by atoms with E-state index in [1.54, 1.807) is 36.1 Å². The molecule has 2 aromatic carbocycles. The molecule has 0 radical (unpaired) electrons. The zero-order valence-electron chi connectivity index (χ0n) is 21.5. The molecule has 1 aliphatic carbocycles. The van der Waals surface area contributed by atoms with Crippen LogP contribution in [0.1, 0.15) is 29.5 Å². The van der Waals surface area contributed by atoms with E-state index in [0.717, 1.165) is 36.2 Å². The number of nitrogens with two attached hydrogens (primary N) is 1. The molecule has 204 valence electrons. The molecule has 2 heterocycles. The number of pyridine rings is 1. The van der Waals surface area contributed by atoms with Crippen molar-refractivity contribution in [1.29, 1.82) is 5.41 Å². The molecule has 2 aliphatic rings. The number of rotatable bonds is 3. The van der Waals surface area contributed by atoms with Gasteiger partial charge >= 0.3 is 0 Å². The van der Waals surface area contributed by atoms with Crippen molar-refractivity contribution >= 4 is 22.7 Å². The summed E-state index contributed by atoms with van der Waals surface area (Å²) in [6.45, 7) is 5.11. The van der Waals surface area contributed by atoms with Crippen LogP contribution in [0.2, 0.25) is 0 Å². The van der Waals surface area contributed by atoms with E-state index in [1.807, 2.05) is 24.0 Å². The maximum atomic E-state index is 14.3. The van der Waals surface area contributed by atoms with E-state index in [0.29, 0.717) is 30.1 Å². The Bertz CT molecular complexity index is 1280. The number of halogens is 3. The van der Waals surface area contributed by atoms with Crippen LogP contribution in [0.25, 0.3) is 0 Å². The summed E-state index contributed by atoms with van der Waals surface area (Å²) < 4.78 is 60.5. The van der Waals surface area contributed by atoms with E-state index in [2.05, 4.69) is 10.7 Å². The second kappa shape index (κ2) is 12.5. The second-order valence-corrected chi connectivity index (χ2v) is 10.1. The lowest BCUT2D eigenvalue weighted by Gasteiger charge is -2.44. The molecule has 1 aromatic heterocycles. The van der Waals surface area contributed by atoms with E-state index in [-0.39, 0.29) is 17.2 Å². The molecule has 38 heavy (non-hydrogen) atoms. The Morgan fingerprint density at radius 2 is 1.71 bits per heavy atom. The molecular weight excluding hydrogens is 515 g/mol. The summed E-state index contributed by atoms with van der Waals surface area (Å²) in [6, 6.07) is 12.5. The summed E-state index contributed by atoms with van der Waals surface area (Å²) in [5, 5.41) is 8.57. The fourth-order valence-corrected chi connectivity index (χ4v) is 4.81. The van der Waals surface area contributed by atoms with Crippen LogP contribution in [0.4, 0.5) is 19.0 Å². The summed E-state index contributed by atoms with van der Waals surface area (Å²) in [6.07, 6.45) is 2.71. The molecule has 1 aliphatic heterocycles. The van der Waals surface area contributed by atoms with Gasteiger partial charge in [-0.25, -0.2) is 22.4 Å². The van der Waals surface area contributed by atoms with Crippen LogP contribution in [0.5, 0.6) is 0 Å². The molecule has 7 nitrogen and oxygen atoms in total. The molecule has 1 unspecified atom stereocenters. The van der Waals surface area contributed by atoms with Gasteiger partial charge in [0.1, 0.15) is 17.5 Å². The highest BCUT2D eigenvalue weighted by atomic mass is 32.2. The Morgan fingerprint density at radius 3 is 2.26 bits per heavy atom. The van der Waals surface area contributed by atoms with Crippen LogP contribution in [0.3, 0.4) is 0 Å². The zero-order chi connectivity index (χ0) is 28.0. The normalized spacial score (nSPS) is 16.1. The molecule has 5 rings (SSSR count). The monoisotopic (exact) mass is 547 g/mol. The highest BCUT2D eigenvalue weighted by Gasteiger charge is 2.53. The number of hydrogen-bond donors (Lipinski definition) is 3. The molecule has 4 N–H and O–H groups in total. The number of benzene rings is 2. The van der Waals surface area contributed by atoms with Gasteiger partial charge in [0.05, 0.1) is 22.2 Å². The van der Waals surface area contributed by atoms with Gasteiger partial charge in [0.15, 0.2) is 22.7 Å². The SMILES string of the molecule is CN.Cc1ccc(S(=O)O)cc1.Cc1cccc(F)c1C(=N)N1CCN(c2ncc(F)cc2F)CC12CC2. The third-order valence-corrected chi connectivity index (χ3v) is 7.19. The van der Waals surface area contributed by atoms with E-state index in [4.69, 9.17) is 9.96 Å². The van der Waals surface area contributed by atoms with Crippen molar-refractivity contribution in [3.63, 3.8) is 0 Å². The predicted molar refractivity (Wildman–Crippen MR) is 143 cm³/mol. The summed E-state index contributed by atoms with van der Waals surface area (Å²) in [5.74, 6) is -1.49. The number of anilines is 1. The molecule has 2 fully saturated rings. The van der Waals surface area contributed by atoms with Crippen LogP contribution < -0.4 is 10.6 Å². The molecule has 11 heteroatoms. The van der Waals surface area contributed by atoms with Gasteiger partial charge in [-0.2, -0.15) is 0 Å². The summed E-state index contributed by atoms with van der Waals surface area (Å²) in [4.78, 5) is 8.06. The second-order valence-electron chi connectivity index (χ2n) is 9.10. The van der Waals surface area contributed by atoms with Crippen LogP contribution >= 0.6 is 0 Å². The summed E-state index contributed by atoms with van der Waals surface area (Å²) in [7, 11) is 1.50. The first kappa shape index (κ1) is 29.3. The van der Waals surface area contributed by atoms with Crippen molar-refractivity contribution in [2.24, 2.45) is 5.73 Å². The van der Waals surface area contributed by atoms with Gasteiger partial charge in [-0.05, 0) is 57.5 Å². The third kappa shape index (κ3) is 6.58. The zero-order valence-corrected chi connectivity index (χ0v) is 22.4. The number of piperazine rings is 1. The smallest absolute Gasteiger partial charge is 0.186 e. The standard InChI is InChI=1S/C19H19F3N4.C7H8O2S.CH5N/c1-12-3-2-4-14(21)16(12)17(23)26-8-7-25(11-19(26)5-6-19)18-15(22)9-13(20)10-24-18;1-6-2-4-7(5-3-6)10(8)9;1-2/h2-4,9-10,23H,5-8,11H2,1H3;2-5H,1H3,(H,8,9);2H2,1H3. The van der Waals surface area contributed by atoms with E-state index < -0.39 is 28.5 Å². The average molecular weight is 548 g/mol. The first-order valence-electron chi connectivity index (χ1n) is 12.0. The lowest BCUT2D eigenvalue weighted by atomic mass is 10.0. The number of nitrogens with one attached hydrogen (secondary N) is 1. The fraction of sp³-hybridized carbons (Fsp3) is 0.333. The van der Waals surface area contributed by atoms with Gasteiger partial charge in [-0.1, -0.05) is 29.8 Å². The maximum absolute atomic E-state index is 14.3. The number of amidine groups is 1. The Morgan fingerprint density at radius 1 is 1.05 bits per heavy atom.